The summed E-state index contributed by atoms with van der Waals surface area (Å²) in [7, 11) is 0. The van der Waals surface area contributed by atoms with Gasteiger partial charge in [0.15, 0.2) is 0 Å². The summed E-state index contributed by atoms with van der Waals surface area (Å²) in [5.74, 6) is 0. The summed E-state index contributed by atoms with van der Waals surface area (Å²) in [5, 5.41) is 22.5. The van der Waals surface area contributed by atoms with Crippen molar-refractivity contribution in [2.75, 3.05) is 6.54 Å². The van der Waals surface area contributed by atoms with Gasteiger partial charge in [-0.3, -0.25) is 0 Å². The van der Waals surface area contributed by atoms with E-state index in [1.54, 1.807) is 6.92 Å². The van der Waals surface area contributed by atoms with Gasteiger partial charge in [-0.25, -0.2) is 0 Å². The average Bonchev–Trinajstić information content (AvgIpc) is 2.96. The van der Waals surface area contributed by atoms with Crippen molar-refractivity contribution >= 4 is 0 Å². The van der Waals surface area contributed by atoms with Crippen molar-refractivity contribution < 1.29 is 15.1 Å². The molecule has 122 valence electrons. The van der Waals surface area contributed by atoms with Gasteiger partial charge in [0.2, 0.25) is 0 Å². The quantitative estimate of drug-likeness (QED) is 0.891. The van der Waals surface area contributed by atoms with Crippen LogP contribution in [0.1, 0.15) is 24.5 Å². The molecule has 3 rings (SSSR count). The van der Waals surface area contributed by atoms with Crippen LogP contribution < -0.4 is 0 Å². The Morgan fingerprint density at radius 3 is 2.35 bits per heavy atom. The predicted molar refractivity (Wildman–Crippen MR) is 87.9 cm³/mol. The number of aliphatic hydroxyl groups is 1. The second-order valence-corrected chi connectivity index (χ2v) is 6.25. The molecule has 23 heavy (non-hydrogen) atoms. The molecule has 1 saturated heterocycles. The highest BCUT2D eigenvalue weighted by Crippen LogP contribution is 2.35. The molecule has 0 aliphatic carbocycles. The lowest BCUT2D eigenvalue weighted by molar-refractivity contribution is -0.186. The lowest BCUT2D eigenvalue weighted by Crippen LogP contribution is -2.50. The molecule has 0 radical (unpaired) electrons. The number of hydroxylamine groups is 2. The third-order valence-electron chi connectivity index (χ3n) is 4.56. The highest BCUT2D eigenvalue weighted by molar-refractivity contribution is 5.24. The molecule has 1 heterocycles. The number of hydrogen-bond acceptors (Lipinski definition) is 4. The largest absolute Gasteiger partial charge is 0.384 e. The summed E-state index contributed by atoms with van der Waals surface area (Å²) < 4.78 is 6.02. The van der Waals surface area contributed by atoms with E-state index in [1.807, 2.05) is 60.7 Å². The Bertz CT molecular complexity index is 615. The minimum absolute atomic E-state index is 0.226. The van der Waals surface area contributed by atoms with E-state index in [1.165, 1.54) is 5.06 Å². The van der Waals surface area contributed by atoms with Crippen molar-refractivity contribution in [3.05, 3.63) is 71.8 Å². The summed E-state index contributed by atoms with van der Waals surface area (Å²) >= 11 is 0. The maximum atomic E-state index is 11.0. The van der Waals surface area contributed by atoms with E-state index in [0.717, 1.165) is 11.1 Å². The standard InChI is InChI=1S/C19H23NO3/c1-19(21,16-10-6-3-7-11-16)18-17(12-13-20(18)22)23-14-15-8-4-2-5-9-15/h2-11,17-18,21-22H,12-14H2,1H3/t17-,18+,19?/m0/s1. The van der Waals surface area contributed by atoms with Gasteiger partial charge in [-0.2, -0.15) is 5.06 Å². The SMILES string of the molecule is CC(O)(c1ccccc1)[C@H]1[C@@H](OCc2ccccc2)CCN1O. The first kappa shape index (κ1) is 16.1. The zero-order valence-corrected chi connectivity index (χ0v) is 13.3. The zero-order chi connectivity index (χ0) is 16.3. The monoisotopic (exact) mass is 313 g/mol. The summed E-state index contributed by atoms with van der Waals surface area (Å²) in [5.41, 5.74) is 0.676. The van der Waals surface area contributed by atoms with E-state index < -0.39 is 11.6 Å². The molecule has 0 amide bonds. The normalized spacial score (nSPS) is 24.5. The molecule has 0 saturated carbocycles. The lowest BCUT2D eigenvalue weighted by Gasteiger charge is -2.37. The molecule has 2 aromatic carbocycles. The molecule has 1 aliphatic rings. The van der Waals surface area contributed by atoms with Gasteiger partial charge in [0.25, 0.3) is 0 Å². The van der Waals surface area contributed by atoms with Crippen molar-refractivity contribution in [2.45, 2.75) is 37.7 Å². The first-order chi connectivity index (χ1) is 11.1. The minimum atomic E-state index is -1.19. The molecular formula is C19H23NO3. The van der Waals surface area contributed by atoms with Crippen LogP contribution in [0.15, 0.2) is 60.7 Å². The van der Waals surface area contributed by atoms with Crippen molar-refractivity contribution in [1.29, 1.82) is 0 Å². The van der Waals surface area contributed by atoms with Crippen LogP contribution in [0.5, 0.6) is 0 Å². The second-order valence-electron chi connectivity index (χ2n) is 6.25. The average molecular weight is 313 g/mol. The van der Waals surface area contributed by atoms with Crippen molar-refractivity contribution in [2.24, 2.45) is 0 Å². The van der Waals surface area contributed by atoms with Crippen LogP contribution in [-0.4, -0.2) is 34.1 Å². The fourth-order valence-electron chi connectivity index (χ4n) is 3.30. The maximum absolute atomic E-state index is 11.0. The molecular weight excluding hydrogens is 290 g/mol. The van der Waals surface area contributed by atoms with E-state index in [0.29, 0.717) is 19.6 Å². The number of hydrogen-bond donors (Lipinski definition) is 2. The molecule has 4 heteroatoms. The zero-order valence-electron chi connectivity index (χ0n) is 13.3. The Morgan fingerprint density at radius 2 is 1.70 bits per heavy atom. The first-order valence-electron chi connectivity index (χ1n) is 7.98. The van der Waals surface area contributed by atoms with E-state index >= 15 is 0 Å². The highest BCUT2D eigenvalue weighted by atomic mass is 16.5. The van der Waals surface area contributed by atoms with E-state index in [4.69, 9.17) is 4.74 Å². The summed E-state index contributed by atoms with van der Waals surface area (Å²) in [4.78, 5) is 0. The Kier molecular flexibility index (Phi) is 4.78. The van der Waals surface area contributed by atoms with E-state index in [-0.39, 0.29) is 6.10 Å². The van der Waals surface area contributed by atoms with E-state index in [2.05, 4.69) is 0 Å². The molecule has 1 fully saturated rings. The number of rotatable bonds is 5. The number of benzene rings is 2. The fourth-order valence-corrected chi connectivity index (χ4v) is 3.30. The Balaban J connectivity index is 1.76. The van der Waals surface area contributed by atoms with Crippen LogP contribution in [-0.2, 0) is 16.9 Å². The third-order valence-corrected chi connectivity index (χ3v) is 4.56. The van der Waals surface area contributed by atoms with Crippen LogP contribution in [0, 0.1) is 0 Å². The minimum Gasteiger partial charge on any atom is -0.384 e. The van der Waals surface area contributed by atoms with Crippen LogP contribution in [0.25, 0.3) is 0 Å². The first-order valence-corrected chi connectivity index (χ1v) is 7.98. The Morgan fingerprint density at radius 1 is 1.09 bits per heavy atom. The molecule has 4 nitrogen and oxygen atoms in total. The molecule has 0 spiro atoms. The maximum Gasteiger partial charge on any atom is 0.107 e. The molecule has 0 bridgehead atoms. The summed E-state index contributed by atoms with van der Waals surface area (Å²) in [6.07, 6.45) is 0.465. The Labute approximate surface area is 136 Å². The smallest absolute Gasteiger partial charge is 0.107 e. The van der Waals surface area contributed by atoms with Gasteiger partial charge in [-0.1, -0.05) is 60.7 Å². The number of ether oxygens (including phenoxy) is 1. The third kappa shape index (κ3) is 3.46. The van der Waals surface area contributed by atoms with Gasteiger partial charge in [0.1, 0.15) is 5.60 Å². The molecule has 3 atom stereocenters. The Hall–Kier alpha value is -1.72. The topological polar surface area (TPSA) is 52.9 Å². The molecule has 1 unspecified atom stereocenters. The van der Waals surface area contributed by atoms with Gasteiger partial charge >= 0.3 is 0 Å². The lowest BCUT2D eigenvalue weighted by atomic mass is 9.86. The fraction of sp³-hybridized carbons (Fsp3) is 0.368. The second kappa shape index (κ2) is 6.81. The van der Waals surface area contributed by atoms with Crippen LogP contribution in [0.3, 0.4) is 0 Å². The van der Waals surface area contributed by atoms with Gasteiger partial charge < -0.3 is 15.1 Å². The molecule has 2 aromatic rings. The van der Waals surface area contributed by atoms with Crippen molar-refractivity contribution in [1.82, 2.24) is 5.06 Å². The van der Waals surface area contributed by atoms with Crippen LogP contribution in [0.2, 0.25) is 0 Å². The van der Waals surface area contributed by atoms with Gasteiger partial charge in [0.05, 0.1) is 18.8 Å². The molecule has 0 aromatic heterocycles. The van der Waals surface area contributed by atoms with Gasteiger partial charge in [0, 0.05) is 6.54 Å². The molecule has 1 aliphatic heterocycles. The van der Waals surface area contributed by atoms with Gasteiger partial charge in [-0.05, 0) is 24.5 Å². The highest BCUT2D eigenvalue weighted by Gasteiger charge is 2.47. The van der Waals surface area contributed by atoms with Crippen LogP contribution in [0.4, 0.5) is 0 Å². The van der Waals surface area contributed by atoms with Crippen LogP contribution >= 0.6 is 0 Å². The predicted octanol–water partition coefficient (Wildman–Crippen LogP) is 2.94. The van der Waals surface area contributed by atoms with Crippen molar-refractivity contribution in [3.63, 3.8) is 0 Å². The van der Waals surface area contributed by atoms with E-state index in [9.17, 15) is 10.3 Å². The molecule has 2 N–H and O–H groups in total. The summed E-state index contributed by atoms with van der Waals surface area (Å²) in [6.45, 7) is 2.70. The van der Waals surface area contributed by atoms with Gasteiger partial charge in [-0.15, -0.1) is 0 Å². The number of nitrogens with zero attached hydrogens (tertiary/aromatic N) is 1. The van der Waals surface area contributed by atoms with Crippen molar-refractivity contribution in [3.8, 4) is 0 Å². The summed E-state index contributed by atoms with van der Waals surface area (Å²) in [6, 6.07) is 18.9.